The highest BCUT2D eigenvalue weighted by molar-refractivity contribution is 7.22. The number of fused-ring (bicyclic) bond motifs is 1. The average molecular weight is 316 g/mol. The van der Waals surface area contributed by atoms with E-state index in [2.05, 4.69) is 40.2 Å². The van der Waals surface area contributed by atoms with E-state index in [9.17, 15) is 4.79 Å². The number of benzene rings is 1. The van der Waals surface area contributed by atoms with Crippen LogP contribution >= 0.6 is 11.3 Å². The number of carbonyl (C=O) groups excluding carboxylic acids is 1. The molecule has 6 heteroatoms. The van der Waals surface area contributed by atoms with Crippen molar-refractivity contribution in [1.29, 1.82) is 0 Å². The standard InChI is InChI=1S/C16H20N4OS/c1-2-11-4-3-5-13-15(11)18-16(22-13)20-8-12(9-20)19-7-6-17-14(21)10-19/h3-5,12H,2,6-10H2,1H3,(H,17,21). The summed E-state index contributed by atoms with van der Waals surface area (Å²) in [6.45, 7) is 6.41. The quantitative estimate of drug-likeness (QED) is 0.932. The summed E-state index contributed by atoms with van der Waals surface area (Å²) in [6.07, 6.45) is 1.02. The molecule has 22 heavy (non-hydrogen) atoms. The van der Waals surface area contributed by atoms with Crippen molar-refractivity contribution in [2.45, 2.75) is 19.4 Å². The van der Waals surface area contributed by atoms with Crippen LogP contribution in [0.1, 0.15) is 12.5 Å². The van der Waals surface area contributed by atoms with Crippen LogP contribution in [0.5, 0.6) is 0 Å². The number of anilines is 1. The molecule has 0 radical (unpaired) electrons. The first-order valence-electron chi connectivity index (χ1n) is 7.88. The van der Waals surface area contributed by atoms with Crippen molar-refractivity contribution in [2.24, 2.45) is 0 Å². The van der Waals surface area contributed by atoms with Gasteiger partial charge in [-0.2, -0.15) is 0 Å². The predicted molar refractivity (Wildman–Crippen MR) is 89.6 cm³/mol. The first-order chi connectivity index (χ1) is 10.7. The Morgan fingerprint density at radius 3 is 3.05 bits per heavy atom. The van der Waals surface area contributed by atoms with Crippen molar-refractivity contribution in [3.05, 3.63) is 23.8 Å². The van der Waals surface area contributed by atoms with Crippen LogP contribution in [0.4, 0.5) is 5.13 Å². The third-order valence-electron chi connectivity index (χ3n) is 4.59. The lowest BCUT2D eigenvalue weighted by Gasteiger charge is -2.46. The van der Waals surface area contributed by atoms with Gasteiger partial charge in [-0.3, -0.25) is 9.69 Å². The van der Waals surface area contributed by atoms with Crippen LogP contribution in [0, 0.1) is 0 Å². The maximum absolute atomic E-state index is 11.5. The third kappa shape index (κ3) is 2.36. The number of carbonyl (C=O) groups is 1. The van der Waals surface area contributed by atoms with E-state index in [1.165, 1.54) is 10.3 Å². The van der Waals surface area contributed by atoms with Crippen molar-refractivity contribution in [1.82, 2.24) is 15.2 Å². The maximum atomic E-state index is 11.5. The van der Waals surface area contributed by atoms with Gasteiger partial charge in [0.05, 0.1) is 16.8 Å². The van der Waals surface area contributed by atoms with Gasteiger partial charge in [-0.25, -0.2) is 4.98 Å². The first kappa shape index (κ1) is 14.0. The fraction of sp³-hybridized carbons (Fsp3) is 0.500. The van der Waals surface area contributed by atoms with Gasteiger partial charge in [0.15, 0.2) is 5.13 Å². The van der Waals surface area contributed by atoms with Gasteiger partial charge in [0, 0.05) is 32.2 Å². The minimum absolute atomic E-state index is 0.150. The molecule has 4 rings (SSSR count). The summed E-state index contributed by atoms with van der Waals surface area (Å²) in [5, 5.41) is 4.00. The molecule has 0 bridgehead atoms. The molecule has 2 saturated heterocycles. The van der Waals surface area contributed by atoms with Crippen molar-refractivity contribution >= 4 is 32.6 Å². The lowest BCUT2D eigenvalue weighted by molar-refractivity contribution is -0.125. The fourth-order valence-electron chi connectivity index (χ4n) is 3.23. The number of nitrogens with zero attached hydrogens (tertiary/aromatic N) is 3. The summed E-state index contributed by atoms with van der Waals surface area (Å²) in [5.74, 6) is 0.150. The zero-order valence-electron chi connectivity index (χ0n) is 12.7. The molecule has 2 aliphatic heterocycles. The van der Waals surface area contributed by atoms with E-state index in [1.807, 2.05) is 0 Å². The molecule has 0 spiro atoms. The second-order valence-corrected chi connectivity index (χ2v) is 7.00. The number of hydrogen-bond donors (Lipinski definition) is 1. The summed E-state index contributed by atoms with van der Waals surface area (Å²) in [5.41, 5.74) is 2.48. The molecule has 1 N–H and O–H groups in total. The second kappa shape index (κ2) is 5.52. The number of thiazole rings is 1. The molecule has 2 aliphatic rings. The molecule has 2 fully saturated rings. The van der Waals surface area contributed by atoms with Crippen LogP contribution in [-0.2, 0) is 11.2 Å². The van der Waals surface area contributed by atoms with E-state index >= 15 is 0 Å². The lowest BCUT2D eigenvalue weighted by atomic mass is 10.1. The molecule has 3 heterocycles. The zero-order chi connectivity index (χ0) is 15.1. The Morgan fingerprint density at radius 1 is 1.41 bits per heavy atom. The molecular weight excluding hydrogens is 296 g/mol. The smallest absolute Gasteiger partial charge is 0.234 e. The van der Waals surface area contributed by atoms with E-state index in [-0.39, 0.29) is 5.91 Å². The highest BCUT2D eigenvalue weighted by Crippen LogP contribution is 2.33. The third-order valence-corrected chi connectivity index (χ3v) is 5.67. The Hall–Kier alpha value is -1.66. The Bertz CT molecular complexity index is 707. The minimum Gasteiger partial charge on any atom is -0.354 e. The van der Waals surface area contributed by atoms with Gasteiger partial charge in [0.2, 0.25) is 5.91 Å². The Balaban J connectivity index is 1.47. The number of aromatic nitrogens is 1. The van der Waals surface area contributed by atoms with Crippen molar-refractivity contribution in [3.63, 3.8) is 0 Å². The second-order valence-electron chi connectivity index (χ2n) is 5.99. The van der Waals surface area contributed by atoms with E-state index in [1.54, 1.807) is 11.3 Å². The molecular formula is C16H20N4OS. The number of amides is 1. The van der Waals surface area contributed by atoms with Crippen LogP contribution in [0.15, 0.2) is 18.2 Å². The molecule has 0 saturated carbocycles. The van der Waals surface area contributed by atoms with E-state index in [4.69, 9.17) is 4.98 Å². The van der Waals surface area contributed by atoms with Gasteiger partial charge in [0.25, 0.3) is 0 Å². The number of piperazine rings is 1. The average Bonchev–Trinajstić information content (AvgIpc) is 2.89. The van der Waals surface area contributed by atoms with Crippen LogP contribution in [0.3, 0.4) is 0 Å². The highest BCUT2D eigenvalue weighted by atomic mass is 32.1. The van der Waals surface area contributed by atoms with Crippen molar-refractivity contribution in [2.75, 3.05) is 37.6 Å². The molecule has 116 valence electrons. The summed E-state index contributed by atoms with van der Waals surface area (Å²) >= 11 is 1.78. The van der Waals surface area contributed by atoms with Crippen LogP contribution in [-0.4, -0.2) is 54.6 Å². The Labute approximate surface area is 133 Å². The normalized spacial score (nSPS) is 20.2. The van der Waals surface area contributed by atoms with Crippen LogP contribution in [0.25, 0.3) is 10.2 Å². The number of rotatable bonds is 3. The van der Waals surface area contributed by atoms with Crippen LogP contribution < -0.4 is 10.2 Å². The molecule has 0 atom stereocenters. The fourth-order valence-corrected chi connectivity index (χ4v) is 4.26. The van der Waals surface area contributed by atoms with E-state index < -0.39 is 0 Å². The Morgan fingerprint density at radius 2 is 2.27 bits per heavy atom. The summed E-state index contributed by atoms with van der Waals surface area (Å²) in [7, 11) is 0. The van der Waals surface area contributed by atoms with Gasteiger partial charge < -0.3 is 10.2 Å². The molecule has 2 aromatic rings. The Kier molecular flexibility index (Phi) is 3.50. The number of hydrogen-bond acceptors (Lipinski definition) is 5. The predicted octanol–water partition coefficient (Wildman–Crippen LogP) is 1.48. The largest absolute Gasteiger partial charge is 0.354 e. The van der Waals surface area contributed by atoms with E-state index in [0.717, 1.165) is 43.2 Å². The first-order valence-corrected chi connectivity index (χ1v) is 8.70. The molecule has 1 aromatic carbocycles. The van der Waals surface area contributed by atoms with Gasteiger partial charge >= 0.3 is 0 Å². The topological polar surface area (TPSA) is 48.5 Å². The maximum Gasteiger partial charge on any atom is 0.234 e. The highest BCUT2D eigenvalue weighted by Gasteiger charge is 2.35. The SMILES string of the molecule is CCc1cccc2sc(N3CC(N4CCNC(=O)C4)C3)nc12. The van der Waals surface area contributed by atoms with Gasteiger partial charge in [-0.15, -0.1) is 0 Å². The summed E-state index contributed by atoms with van der Waals surface area (Å²) in [4.78, 5) is 21.0. The molecule has 1 amide bonds. The van der Waals surface area contributed by atoms with Crippen LogP contribution in [0.2, 0.25) is 0 Å². The molecule has 0 unspecified atom stereocenters. The molecule has 0 aliphatic carbocycles. The minimum atomic E-state index is 0.150. The lowest BCUT2D eigenvalue weighted by Crippen LogP contribution is -2.63. The van der Waals surface area contributed by atoms with Crippen molar-refractivity contribution in [3.8, 4) is 0 Å². The molecule has 5 nitrogen and oxygen atoms in total. The number of nitrogens with one attached hydrogen (secondary N) is 1. The number of aryl methyl sites for hydroxylation is 1. The summed E-state index contributed by atoms with van der Waals surface area (Å²) in [6, 6.07) is 6.93. The monoisotopic (exact) mass is 316 g/mol. The van der Waals surface area contributed by atoms with Gasteiger partial charge in [-0.1, -0.05) is 30.4 Å². The number of para-hydroxylation sites is 1. The zero-order valence-corrected chi connectivity index (χ0v) is 13.5. The van der Waals surface area contributed by atoms with Gasteiger partial charge in [-0.05, 0) is 18.1 Å². The summed E-state index contributed by atoms with van der Waals surface area (Å²) < 4.78 is 1.27. The molecule has 1 aromatic heterocycles. The van der Waals surface area contributed by atoms with Crippen molar-refractivity contribution < 1.29 is 4.79 Å². The van der Waals surface area contributed by atoms with Gasteiger partial charge in [0.1, 0.15) is 0 Å². The van der Waals surface area contributed by atoms with E-state index in [0.29, 0.717) is 12.6 Å².